The predicted molar refractivity (Wildman–Crippen MR) is 123 cm³/mol. The molecule has 0 unspecified atom stereocenters. The molecule has 2 atom stereocenters. The fraction of sp³-hybridized carbons (Fsp3) is 0.476. The monoisotopic (exact) mass is 530 g/mol. The first-order valence-electron chi connectivity index (χ1n) is 9.85. The Balaban J connectivity index is 1.80. The van der Waals surface area contributed by atoms with Gasteiger partial charge in [-0.15, -0.1) is 6.58 Å². The quantitative estimate of drug-likeness (QED) is 0.277. The highest BCUT2D eigenvalue weighted by Crippen LogP contribution is 2.48. The lowest BCUT2D eigenvalue weighted by Gasteiger charge is -2.43. The Morgan fingerprint density at radius 2 is 2.16 bits per heavy atom. The van der Waals surface area contributed by atoms with E-state index in [1.807, 2.05) is 26.8 Å². The number of anilines is 1. The Morgan fingerprint density at radius 3 is 2.81 bits per heavy atom. The number of carbonyl (C=O) groups is 1. The van der Waals surface area contributed by atoms with Crippen molar-refractivity contribution in [1.29, 1.82) is 0 Å². The number of nitrogens with zero attached hydrogens (tertiary/aromatic N) is 4. The summed E-state index contributed by atoms with van der Waals surface area (Å²) in [6.45, 7) is 10.4. The van der Waals surface area contributed by atoms with Crippen LogP contribution in [0.4, 0.5) is 15.0 Å². The van der Waals surface area contributed by atoms with Gasteiger partial charge in [0.2, 0.25) is 5.28 Å². The molecule has 0 spiro atoms. The Kier molecular flexibility index (Phi) is 5.63. The van der Waals surface area contributed by atoms with Gasteiger partial charge in [-0.05, 0) is 67.2 Å². The number of ether oxygens (including phenoxy) is 1. The molecule has 2 aromatic rings. The van der Waals surface area contributed by atoms with Gasteiger partial charge in [0, 0.05) is 17.6 Å². The van der Waals surface area contributed by atoms with E-state index in [1.165, 1.54) is 6.07 Å². The maximum absolute atomic E-state index is 14.7. The van der Waals surface area contributed by atoms with Gasteiger partial charge in [0.25, 0.3) is 0 Å². The highest BCUT2D eigenvalue weighted by atomic mass is 79.9. The molecule has 1 aromatic carbocycles. The number of hydrogen-bond donors (Lipinski definition) is 0. The van der Waals surface area contributed by atoms with Crippen molar-refractivity contribution in [2.24, 2.45) is 0 Å². The van der Waals surface area contributed by atoms with Crippen LogP contribution in [0.15, 0.2) is 23.2 Å². The number of hydrogen-bond acceptors (Lipinski definition) is 5. The van der Waals surface area contributed by atoms with Crippen LogP contribution in [0, 0.1) is 5.82 Å². The molecule has 10 heteroatoms. The molecule has 2 fully saturated rings. The van der Waals surface area contributed by atoms with Crippen molar-refractivity contribution in [2.75, 3.05) is 18.0 Å². The molecule has 166 valence electrons. The summed E-state index contributed by atoms with van der Waals surface area (Å²) in [4.78, 5) is 25.2. The van der Waals surface area contributed by atoms with Crippen molar-refractivity contribution in [3.63, 3.8) is 0 Å². The summed E-state index contributed by atoms with van der Waals surface area (Å²) in [5.74, 6) is -0.0947. The van der Waals surface area contributed by atoms with Gasteiger partial charge in [-0.25, -0.2) is 14.2 Å². The highest BCUT2D eigenvalue weighted by Gasteiger charge is 2.57. The lowest BCUT2D eigenvalue weighted by Crippen LogP contribution is -2.56. The van der Waals surface area contributed by atoms with E-state index in [0.717, 1.165) is 0 Å². The van der Waals surface area contributed by atoms with Crippen molar-refractivity contribution in [3.05, 3.63) is 39.3 Å². The van der Waals surface area contributed by atoms with Crippen molar-refractivity contribution in [3.8, 4) is 0 Å². The predicted octanol–water partition coefficient (Wildman–Crippen LogP) is 5.98. The molecule has 1 amide bonds. The Morgan fingerprint density at radius 1 is 1.45 bits per heavy atom. The molecule has 6 nitrogen and oxygen atoms in total. The number of amides is 1. The largest absolute Gasteiger partial charge is 0.444 e. The molecule has 2 saturated heterocycles. The standard InChI is InChI=1S/C21H22BrCl2FN4O2/c1-5-6-21-8-11(28(10-21)19(30)31-20(2,3)4)9-29(21)17-14-15(22)12(23)7-13(25)16(14)26-18(24)27-17/h5,7,11H,1,6,8-10H2,2-4H3/t11-,21-/m1/s1. The number of likely N-dealkylation sites (tertiary alicyclic amines) is 1. The molecule has 0 aliphatic carbocycles. The number of piperazine rings is 1. The smallest absolute Gasteiger partial charge is 0.410 e. The van der Waals surface area contributed by atoms with Crippen LogP contribution in [0.5, 0.6) is 0 Å². The van der Waals surface area contributed by atoms with Crippen molar-refractivity contribution < 1.29 is 13.9 Å². The summed E-state index contributed by atoms with van der Waals surface area (Å²) >= 11 is 15.9. The lowest BCUT2D eigenvalue weighted by molar-refractivity contribution is 0.0200. The molecule has 31 heavy (non-hydrogen) atoms. The second kappa shape index (κ2) is 7.74. The van der Waals surface area contributed by atoms with Crippen molar-refractivity contribution in [2.45, 2.75) is 50.8 Å². The fourth-order valence-electron chi connectivity index (χ4n) is 4.55. The maximum Gasteiger partial charge on any atom is 0.410 e. The number of aromatic nitrogens is 2. The zero-order chi connectivity index (χ0) is 22.7. The number of halogens is 4. The zero-order valence-corrected chi connectivity index (χ0v) is 20.5. The first-order chi connectivity index (χ1) is 14.5. The van der Waals surface area contributed by atoms with E-state index in [2.05, 4.69) is 37.4 Å². The average Bonchev–Trinajstić information content (AvgIpc) is 3.20. The summed E-state index contributed by atoms with van der Waals surface area (Å²) in [7, 11) is 0. The van der Waals surface area contributed by atoms with Crippen LogP contribution in [0.2, 0.25) is 10.3 Å². The van der Waals surface area contributed by atoms with E-state index in [-0.39, 0.29) is 28.0 Å². The van der Waals surface area contributed by atoms with Crippen molar-refractivity contribution >= 4 is 61.9 Å². The maximum atomic E-state index is 14.7. The van der Waals surface area contributed by atoms with Crippen LogP contribution in [-0.2, 0) is 4.74 Å². The SMILES string of the molecule is C=CC[C@]12C[C@H](CN1c1nc(Cl)nc3c(F)cc(Cl)c(Br)c13)N(C(=O)OC(C)(C)C)C2. The minimum Gasteiger partial charge on any atom is -0.444 e. The van der Waals surface area contributed by atoms with Gasteiger partial charge in [0.1, 0.15) is 16.9 Å². The number of rotatable bonds is 3. The summed E-state index contributed by atoms with van der Waals surface area (Å²) in [6, 6.07) is 1.11. The third kappa shape index (κ3) is 3.87. The van der Waals surface area contributed by atoms with E-state index in [4.69, 9.17) is 27.9 Å². The summed E-state index contributed by atoms with van der Waals surface area (Å²) in [5.41, 5.74) is -0.960. The minimum atomic E-state index is -0.584. The minimum absolute atomic E-state index is 0.0591. The van der Waals surface area contributed by atoms with E-state index in [9.17, 15) is 9.18 Å². The molecule has 1 aromatic heterocycles. The van der Waals surface area contributed by atoms with Crippen LogP contribution in [0.25, 0.3) is 10.9 Å². The van der Waals surface area contributed by atoms with Gasteiger partial charge in [-0.1, -0.05) is 17.7 Å². The van der Waals surface area contributed by atoms with Gasteiger partial charge in [-0.3, -0.25) is 0 Å². The Hall–Kier alpha value is -1.64. The van der Waals surface area contributed by atoms with Gasteiger partial charge >= 0.3 is 6.09 Å². The number of fused-ring (bicyclic) bond motifs is 3. The first-order valence-corrected chi connectivity index (χ1v) is 11.4. The topological polar surface area (TPSA) is 58.6 Å². The van der Waals surface area contributed by atoms with E-state index >= 15 is 0 Å². The summed E-state index contributed by atoms with van der Waals surface area (Å²) in [6.07, 6.45) is 2.79. The van der Waals surface area contributed by atoms with Crippen LogP contribution in [0.3, 0.4) is 0 Å². The molecule has 0 saturated carbocycles. The molecule has 0 N–H and O–H groups in total. The van der Waals surface area contributed by atoms with E-state index in [0.29, 0.717) is 41.6 Å². The molecular formula is C21H22BrCl2FN4O2. The van der Waals surface area contributed by atoms with Crippen molar-refractivity contribution in [1.82, 2.24) is 14.9 Å². The van der Waals surface area contributed by atoms with Crippen LogP contribution in [0.1, 0.15) is 33.6 Å². The molecule has 3 heterocycles. The molecular weight excluding hydrogens is 510 g/mol. The Labute approximate surface area is 198 Å². The van der Waals surface area contributed by atoms with E-state index < -0.39 is 17.0 Å². The normalized spacial score (nSPS) is 23.0. The van der Waals surface area contributed by atoms with Crippen LogP contribution >= 0.6 is 39.1 Å². The fourth-order valence-corrected chi connectivity index (χ4v) is 5.38. The molecule has 2 bridgehead atoms. The average molecular weight is 532 g/mol. The van der Waals surface area contributed by atoms with E-state index in [1.54, 1.807) is 4.90 Å². The molecule has 4 rings (SSSR count). The first kappa shape index (κ1) is 22.6. The molecule has 0 radical (unpaired) electrons. The van der Waals surface area contributed by atoms with Crippen LogP contribution < -0.4 is 4.90 Å². The van der Waals surface area contributed by atoms with Gasteiger partial charge < -0.3 is 14.5 Å². The molecule has 2 aliphatic rings. The highest BCUT2D eigenvalue weighted by molar-refractivity contribution is 9.10. The van der Waals surface area contributed by atoms with Gasteiger partial charge in [0.15, 0.2) is 5.82 Å². The number of carbonyl (C=O) groups excluding carboxylic acids is 1. The Bertz CT molecular complexity index is 1090. The third-order valence-corrected chi connectivity index (χ3v) is 7.19. The lowest BCUT2D eigenvalue weighted by atomic mass is 9.93. The van der Waals surface area contributed by atoms with Gasteiger partial charge in [0.05, 0.1) is 22.0 Å². The second-order valence-corrected chi connectivity index (χ2v) is 10.5. The second-order valence-electron chi connectivity index (χ2n) is 8.99. The molecule has 2 aliphatic heterocycles. The third-order valence-electron chi connectivity index (χ3n) is 5.67. The van der Waals surface area contributed by atoms with Gasteiger partial charge in [-0.2, -0.15) is 4.98 Å². The zero-order valence-electron chi connectivity index (χ0n) is 17.4. The summed E-state index contributed by atoms with van der Waals surface area (Å²) < 4.78 is 20.8. The summed E-state index contributed by atoms with van der Waals surface area (Å²) in [5, 5.41) is 0.611. The number of benzene rings is 1. The van der Waals surface area contributed by atoms with Crippen LogP contribution in [-0.4, -0.2) is 51.2 Å².